The standard InChI is InChI=1S/C17H16FN5O2S/c18-11-5-10(6-19-8-11)7-20-17-21-13-2-4-26-15(13)14(22-17)16(25)23-3-1-12(24)9-23/h2,4-6,8,12,24H,1,3,7,9H2,(H,20,21,22). The Bertz CT molecular complexity index is 963. The van der Waals surface area contributed by atoms with Crippen LogP contribution in [0.5, 0.6) is 0 Å². The highest BCUT2D eigenvalue weighted by molar-refractivity contribution is 7.17. The number of likely N-dealkylation sites (tertiary alicyclic amines) is 1. The van der Waals surface area contributed by atoms with Crippen molar-refractivity contribution >= 4 is 33.4 Å². The highest BCUT2D eigenvalue weighted by Gasteiger charge is 2.28. The Morgan fingerprint density at radius 1 is 1.42 bits per heavy atom. The number of anilines is 1. The number of amides is 1. The van der Waals surface area contributed by atoms with Gasteiger partial charge in [-0.15, -0.1) is 11.3 Å². The molecule has 1 saturated heterocycles. The van der Waals surface area contributed by atoms with Crippen LogP contribution >= 0.6 is 11.3 Å². The third-order valence-corrected chi connectivity index (χ3v) is 5.08. The Kier molecular flexibility index (Phi) is 4.48. The van der Waals surface area contributed by atoms with Gasteiger partial charge in [0.15, 0.2) is 5.69 Å². The van der Waals surface area contributed by atoms with Gasteiger partial charge in [0, 0.05) is 25.8 Å². The van der Waals surface area contributed by atoms with Gasteiger partial charge in [0.25, 0.3) is 5.91 Å². The Labute approximate surface area is 152 Å². The fourth-order valence-corrected chi connectivity index (χ4v) is 3.71. The van der Waals surface area contributed by atoms with E-state index in [2.05, 4.69) is 20.3 Å². The monoisotopic (exact) mass is 373 g/mol. The molecule has 0 spiro atoms. The number of hydrogen-bond donors (Lipinski definition) is 2. The number of aliphatic hydroxyl groups is 1. The third-order valence-electron chi connectivity index (χ3n) is 4.17. The van der Waals surface area contributed by atoms with Gasteiger partial charge in [-0.3, -0.25) is 9.78 Å². The van der Waals surface area contributed by atoms with Crippen LogP contribution in [0.15, 0.2) is 29.9 Å². The largest absolute Gasteiger partial charge is 0.391 e. The third kappa shape index (κ3) is 3.35. The summed E-state index contributed by atoms with van der Waals surface area (Å²) in [6, 6.07) is 3.20. The van der Waals surface area contributed by atoms with Gasteiger partial charge in [0.1, 0.15) is 5.82 Å². The molecule has 4 heterocycles. The number of halogens is 1. The average Bonchev–Trinajstić information content (AvgIpc) is 3.27. The second kappa shape index (κ2) is 6.93. The van der Waals surface area contributed by atoms with Crippen LogP contribution in [0.4, 0.5) is 10.3 Å². The maximum atomic E-state index is 13.2. The summed E-state index contributed by atoms with van der Waals surface area (Å²) in [6.45, 7) is 1.11. The van der Waals surface area contributed by atoms with Crippen LogP contribution in [0.3, 0.4) is 0 Å². The van der Waals surface area contributed by atoms with Crippen molar-refractivity contribution in [2.75, 3.05) is 18.4 Å². The van der Waals surface area contributed by atoms with E-state index in [1.807, 2.05) is 11.4 Å². The number of nitrogens with zero attached hydrogens (tertiary/aromatic N) is 4. The lowest BCUT2D eigenvalue weighted by atomic mass is 10.3. The quantitative estimate of drug-likeness (QED) is 0.727. The van der Waals surface area contributed by atoms with Gasteiger partial charge in [-0.25, -0.2) is 14.4 Å². The molecule has 2 N–H and O–H groups in total. The molecule has 1 fully saturated rings. The number of pyridine rings is 1. The molecule has 3 aromatic heterocycles. The zero-order chi connectivity index (χ0) is 18.1. The van der Waals surface area contributed by atoms with Crippen LogP contribution < -0.4 is 5.32 Å². The van der Waals surface area contributed by atoms with Crippen LogP contribution in [0, 0.1) is 5.82 Å². The molecule has 0 radical (unpaired) electrons. The van der Waals surface area contributed by atoms with Crippen molar-refractivity contribution < 1.29 is 14.3 Å². The van der Waals surface area contributed by atoms with Gasteiger partial charge in [0.05, 0.1) is 22.5 Å². The number of hydrogen-bond acceptors (Lipinski definition) is 7. The minimum Gasteiger partial charge on any atom is -0.391 e. The first kappa shape index (κ1) is 16.8. The number of nitrogens with one attached hydrogen (secondary N) is 1. The molecule has 26 heavy (non-hydrogen) atoms. The van der Waals surface area contributed by atoms with Gasteiger partial charge in [-0.1, -0.05) is 0 Å². The van der Waals surface area contributed by atoms with E-state index < -0.39 is 11.9 Å². The summed E-state index contributed by atoms with van der Waals surface area (Å²) in [7, 11) is 0. The summed E-state index contributed by atoms with van der Waals surface area (Å²) in [5, 5.41) is 14.6. The van der Waals surface area contributed by atoms with Crippen molar-refractivity contribution in [3.05, 3.63) is 47.0 Å². The number of carbonyl (C=O) groups excluding carboxylic acids is 1. The Hall–Kier alpha value is -2.65. The average molecular weight is 373 g/mol. The van der Waals surface area contributed by atoms with Gasteiger partial charge in [-0.05, 0) is 29.5 Å². The molecular weight excluding hydrogens is 357 g/mol. The lowest BCUT2D eigenvalue weighted by molar-refractivity contribution is 0.0761. The van der Waals surface area contributed by atoms with Crippen molar-refractivity contribution in [1.82, 2.24) is 19.9 Å². The Morgan fingerprint density at radius 2 is 2.31 bits per heavy atom. The second-order valence-electron chi connectivity index (χ2n) is 6.09. The molecule has 1 aliphatic heterocycles. The molecule has 1 amide bonds. The predicted molar refractivity (Wildman–Crippen MR) is 95.5 cm³/mol. The summed E-state index contributed by atoms with van der Waals surface area (Å²) >= 11 is 1.40. The van der Waals surface area contributed by atoms with Crippen molar-refractivity contribution in [2.45, 2.75) is 19.1 Å². The molecule has 1 atom stereocenters. The number of aromatic nitrogens is 3. The maximum Gasteiger partial charge on any atom is 0.274 e. The smallest absolute Gasteiger partial charge is 0.274 e. The molecular formula is C17H16FN5O2S. The summed E-state index contributed by atoms with van der Waals surface area (Å²) in [5.41, 5.74) is 1.64. The SMILES string of the molecule is O=C(c1nc(NCc2cncc(F)c2)nc2ccsc12)N1CCC(O)C1. The Morgan fingerprint density at radius 3 is 3.08 bits per heavy atom. The number of fused-ring (bicyclic) bond motifs is 1. The highest BCUT2D eigenvalue weighted by Crippen LogP contribution is 2.26. The fraction of sp³-hybridized carbons (Fsp3) is 0.294. The van der Waals surface area contributed by atoms with E-state index >= 15 is 0 Å². The highest BCUT2D eigenvalue weighted by atomic mass is 32.1. The van der Waals surface area contributed by atoms with E-state index in [-0.39, 0.29) is 12.5 Å². The number of aliphatic hydroxyl groups excluding tert-OH is 1. The van der Waals surface area contributed by atoms with Crippen LogP contribution in [0.2, 0.25) is 0 Å². The summed E-state index contributed by atoms with van der Waals surface area (Å²) in [5.74, 6) is -0.336. The zero-order valence-electron chi connectivity index (χ0n) is 13.7. The van der Waals surface area contributed by atoms with Crippen LogP contribution in [-0.4, -0.2) is 50.1 Å². The summed E-state index contributed by atoms with van der Waals surface area (Å²) in [6.07, 6.45) is 2.77. The van der Waals surface area contributed by atoms with E-state index in [0.29, 0.717) is 42.2 Å². The molecule has 4 rings (SSSR count). The lowest BCUT2D eigenvalue weighted by Gasteiger charge is -2.16. The Balaban J connectivity index is 1.61. The van der Waals surface area contributed by atoms with Crippen molar-refractivity contribution in [3.63, 3.8) is 0 Å². The predicted octanol–water partition coefficient (Wildman–Crippen LogP) is 2.04. The van der Waals surface area contributed by atoms with Crippen molar-refractivity contribution in [3.8, 4) is 0 Å². The molecule has 7 nitrogen and oxygen atoms in total. The molecule has 9 heteroatoms. The molecule has 0 aromatic carbocycles. The zero-order valence-corrected chi connectivity index (χ0v) is 14.5. The topological polar surface area (TPSA) is 91.2 Å². The first-order chi connectivity index (χ1) is 12.6. The number of rotatable bonds is 4. The molecule has 3 aromatic rings. The van der Waals surface area contributed by atoms with E-state index in [1.165, 1.54) is 17.4 Å². The van der Waals surface area contributed by atoms with E-state index in [9.17, 15) is 14.3 Å². The van der Waals surface area contributed by atoms with Gasteiger partial charge >= 0.3 is 0 Å². The first-order valence-electron chi connectivity index (χ1n) is 8.16. The molecule has 0 bridgehead atoms. The van der Waals surface area contributed by atoms with Crippen LogP contribution in [0.1, 0.15) is 22.5 Å². The van der Waals surface area contributed by atoms with Crippen molar-refractivity contribution in [2.24, 2.45) is 0 Å². The fourth-order valence-electron chi connectivity index (χ4n) is 2.90. The lowest BCUT2D eigenvalue weighted by Crippen LogP contribution is -2.30. The molecule has 134 valence electrons. The van der Waals surface area contributed by atoms with E-state index in [1.54, 1.807) is 11.1 Å². The minimum absolute atomic E-state index is 0.216. The second-order valence-corrected chi connectivity index (χ2v) is 7.01. The number of β-amino-alcohol motifs (C(OH)–C–C–N with tert-alkyl or cyclic N) is 1. The van der Waals surface area contributed by atoms with Crippen LogP contribution in [0.25, 0.3) is 10.2 Å². The van der Waals surface area contributed by atoms with E-state index in [4.69, 9.17) is 0 Å². The van der Waals surface area contributed by atoms with E-state index in [0.717, 1.165) is 10.9 Å². The molecule has 0 saturated carbocycles. The molecule has 1 aliphatic rings. The summed E-state index contributed by atoms with van der Waals surface area (Å²) < 4.78 is 14.0. The minimum atomic E-state index is -0.488. The number of thiophene rings is 1. The normalized spacial score (nSPS) is 17.0. The van der Waals surface area contributed by atoms with Crippen molar-refractivity contribution in [1.29, 1.82) is 0 Å². The van der Waals surface area contributed by atoms with Gasteiger partial charge < -0.3 is 15.3 Å². The summed E-state index contributed by atoms with van der Waals surface area (Å²) in [4.78, 5) is 27.0. The van der Waals surface area contributed by atoms with Gasteiger partial charge in [-0.2, -0.15) is 0 Å². The number of carbonyl (C=O) groups is 1. The molecule has 1 unspecified atom stereocenters. The molecule has 0 aliphatic carbocycles. The van der Waals surface area contributed by atoms with Gasteiger partial charge in [0.2, 0.25) is 5.95 Å². The van der Waals surface area contributed by atoms with Crippen LogP contribution in [-0.2, 0) is 6.54 Å². The maximum absolute atomic E-state index is 13.2. The first-order valence-corrected chi connectivity index (χ1v) is 9.04.